The monoisotopic (exact) mass is 178 g/mol. The lowest BCUT2D eigenvalue weighted by Gasteiger charge is -2.02. The second-order valence-corrected chi connectivity index (χ2v) is 2.76. The third-order valence-corrected chi connectivity index (χ3v) is 1.79. The first kappa shape index (κ1) is 9.74. The Balaban J connectivity index is 2.74. The van der Waals surface area contributed by atoms with E-state index in [4.69, 9.17) is 5.73 Å². The number of hydrogen-bond acceptors (Lipinski definition) is 2. The van der Waals surface area contributed by atoms with Gasteiger partial charge in [0.05, 0.1) is 0 Å². The molecule has 3 nitrogen and oxygen atoms in total. The molecule has 13 heavy (non-hydrogen) atoms. The van der Waals surface area contributed by atoms with Crippen LogP contribution in [-0.4, -0.2) is 12.5 Å². The summed E-state index contributed by atoms with van der Waals surface area (Å²) in [5.74, 6) is -0.0360. The highest BCUT2D eigenvalue weighted by Gasteiger charge is 2.01. The summed E-state index contributed by atoms with van der Waals surface area (Å²) in [4.78, 5) is 11.3. The fourth-order valence-corrected chi connectivity index (χ4v) is 1.05. The topological polar surface area (TPSA) is 55.1 Å². The normalized spacial score (nSPS) is 9.69. The van der Waals surface area contributed by atoms with Crippen LogP contribution in [0.4, 0.5) is 0 Å². The number of carbonyl (C=O) groups excluding carboxylic acids is 1. The highest BCUT2D eigenvalue weighted by molar-refractivity contribution is 5.94. The number of nitrogens with one attached hydrogen (secondary N) is 1. The van der Waals surface area contributed by atoms with Crippen LogP contribution in [0.2, 0.25) is 0 Å². The van der Waals surface area contributed by atoms with Gasteiger partial charge in [0.25, 0.3) is 5.91 Å². The Morgan fingerprint density at radius 2 is 2.00 bits per heavy atom. The minimum absolute atomic E-state index is 0.0360. The van der Waals surface area contributed by atoms with Crippen LogP contribution in [0.25, 0.3) is 0 Å². The molecule has 0 bridgehead atoms. The van der Waals surface area contributed by atoms with Crippen LogP contribution < -0.4 is 11.1 Å². The van der Waals surface area contributed by atoms with Crippen molar-refractivity contribution in [2.45, 2.75) is 13.5 Å². The first-order valence-electron chi connectivity index (χ1n) is 4.35. The van der Waals surface area contributed by atoms with E-state index in [-0.39, 0.29) is 5.91 Å². The molecule has 1 aromatic rings. The molecule has 0 aliphatic carbocycles. The van der Waals surface area contributed by atoms with Crippen LogP contribution in [0, 0.1) is 0 Å². The maximum Gasteiger partial charge on any atom is 0.251 e. The molecule has 1 amide bonds. The molecule has 0 saturated carbocycles. The van der Waals surface area contributed by atoms with Crippen molar-refractivity contribution in [1.29, 1.82) is 0 Å². The summed E-state index contributed by atoms with van der Waals surface area (Å²) in [5.41, 5.74) is 7.15. The Bertz CT molecular complexity index is 279. The molecule has 1 rings (SSSR count). The summed E-state index contributed by atoms with van der Waals surface area (Å²) in [5, 5.41) is 2.73. The van der Waals surface area contributed by atoms with Crippen molar-refractivity contribution in [3.05, 3.63) is 35.4 Å². The maximum atomic E-state index is 11.3. The molecule has 1 aromatic carbocycles. The second-order valence-electron chi connectivity index (χ2n) is 2.76. The Hall–Kier alpha value is -1.35. The number of nitrogens with two attached hydrogens (primary N) is 1. The largest absolute Gasteiger partial charge is 0.352 e. The van der Waals surface area contributed by atoms with Gasteiger partial charge in [-0.1, -0.05) is 12.1 Å². The molecule has 0 aromatic heterocycles. The average molecular weight is 178 g/mol. The van der Waals surface area contributed by atoms with Gasteiger partial charge < -0.3 is 11.1 Å². The Labute approximate surface area is 77.9 Å². The molecule has 0 radical (unpaired) electrons. The summed E-state index contributed by atoms with van der Waals surface area (Å²) < 4.78 is 0. The molecular formula is C10H14N2O. The zero-order chi connectivity index (χ0) is 9.68. The molecule has 0 heterocycles. The van der Waals surface area contributed by atoms with Gasteiger partial charge in [0, 0.05) is 18.7 Å². The molecular weight excluding hydrogens is 164 g/mol. The molecule has 0 atom stereocenters. The Morgan fingerprint density at radius 3 is 2.46 bits per heavy atom. The summed E-state index contributed by atoms with van der Waals surface area (Å²) in [6.45, 7) is 3.05. The van der Waals surface area contributed by atoms with Gasteiger partial charge in [-0.3, -0.25) is 4.79 Å². The van der Waals surface area contributed by atoms with Gasteiger partial charge in [-0.25, -0.2) is 0 Å². The van der Waals surface area contributed by atoms with E-state index in [1.165, 1.54) is 0 Å². The standard InChI is InChI=1S/C10H14N2O/c1-2-12-10(13)9-5-3-8(7-11)4-6-9/h3-6H,2,7,11H2,1H3,(H,12,13). The molecule has 0 aliphatic heterocycles. The molecule has 0 unspecified atom stereocenters. The number of benzene rings is 1. The third kappa shape index (κ3) is 2.56. The molecule has 70 valence electrons. The lowest BCUT2D eigenvalue weighted by atomic mass is 10.1. The predicted octanol–water partition coefficient (Wildman–Crippen LogP) is 0.895. The summed E-state index contributed by atoms with van der Waals surface area (Å²) in [7, 11) is 0. The van der Waals surface area contributed by atoms with Gasteiger partial charge in [0.15, 0.2) is 0 Å². The molecule has 0 spiro atoms. The van der Waals surface area contributed by atoms with Gasteiger partial charge in [-0.15, -0.1) is 0 Å². The van der Waals surface area contributed by atoms with Crippen molar-refractivity contribution in [2.24, 2.45) is 5.73 Å². The third-order valence-electron chi connectivity index (χ3n) is 1.79. The van der Waals surface area contributed by atoms with E-state index in [1.54, 1.807) is 12.1 Å². The van der Waals surface area contributed by atoms with E-state index < -0.39 is 0 Å². The van der Waals surface area contributed by atoms with Crippen molar-refractivity contribution < 1.29 is 4.79 Å². The number of hydrogen-bond donors (Lipinski definition) is 2. The average Bonchev–Trinajstić information content (AvgIpc) is 2.18. The number of amides is 1. The maximum absolute atomic E-state index is 11.3. The smallest absolute Gasteiger partial charge is 0.251 e. The fourth-order valence-electron chi connectivity index (χ4n) is 1.05. The van der Waals surface area contributed by atoms with Gasteiger partial charge >= 0.3 is 0 Å². The highest BCUT2D eigenvalue weighted by Crippen LogP contribution is 2.03. The predicted molar refractivity (Wildman–Crippen MR) is 52.3 cm³/mol. The summed E-state index contributed by atoms with van der Waals surface area (Å²) >= 11 is 0. The minimum atomic E-state index is -0.0360. The molecule has 0 aliphatic rings. The van der Waals surface area contributed by atoms with E-state index in [0.717, 1.165) is 5.56 Å². The lowest BCUT2D eigenvalue weighted by molar-refractivity contribution is 0.0956. The van der Waals surface area contributed by atoms with Gasteiger partial charge in [0.2, 0.25) is 0 Å². The summed E-state index contributed by atoms with van der Waals surface area (Å²) in [6, 6.07) is 7.30. The van der Waals surface area contributed by atoms with Crippen LogP contribution in [-0.2, 0) is 6.54 Å². The van der Waals surface area contributed by atoms with Gasteiger partial charge in [-0.05, 0) is 24.6 Å². The van der Waals surface area contributed by atoms with Crippen LogP contribution in [0.15, 0.2) is 24.3 Å². The van der Waals surface area contributed by atoms with Crippen molar-refractivity contribution in [3.63, 3.8) is 0 Å². The van der Waals surface area contributed by atoms with E-state index in [1.807, 2.05) is 19.1 Å². The van der Waals surface area contributed by atoms with Gasteiger partial charge in [0.1, 0.15) is 0 Å². The van der Waals surface area contributed by atoms with Crippen molar-refractivity contribution in [3.8, 4) is 0 Å². The molecule has 0 fully saturated rings. The Morgan fingerprint density at radius 1 is 1.38 bits per heavy atom. The summed E-state index contributed by atoms with van der Waals surface area (Å²) in [6.07, 6.45) is 0. The van der Waals surface area contributed by atoms with Crippen molar-refractivity contribution in [1.82, 2.24) is 5.32 Å². The van der Waals surface area contributed by atoms with E-state index >= 15 is 0 Å². The van der Waals surface area contributed by atoms with Crippen LogP contribution >= 0.6 is 0 Å². The van der Waals surface area contributed by atoms with Crippen LogP contribution in [0.5, 0.6) is 0 Å². The van der Waals surface area contributed by atoms with Crippen LogP contribution in [0.1, 0.15) is 22.8 Å². The zero-order valence-corrected chi connectivity index (χ0v) is 7.71. The SMILES string of the molecule is CCNC(=O)c1ccc(CN)cc1. The van der Waals surface area contributed by atoms with Crippen molar-refractivity contribution in [2.75, 3.05) is 6.54 Å². The van der Waals surface area contributed by atoms with E-state index in [2.05, 4.69) is 5.32 Å². The molecule has 0 saturated heterocycles. The fraction of sp³-hybridized carbons (Fsp3) is 0.300. The quantitative estimate of drug-likeness (QED) is 0.722. The molecule has 3 N–H and O–H groups in total. The van der Waals surface area contributed by atoms with Crippen molar-refractivity contribution >= 4 is 5.91 Å². The zero-order valence-electron chi connectivity index (χ0n) is 7.71. The number of rotatable bonds is 3. The van der Waals surface area contributed by atoms with Crippen LogP contribution in [0.3, 0.4) is 0 Å². The molecule has 3 heteroatoms. The van der Waals surface area contributed by atoms with E-state index in [0.29, 0.717) is 18.7 Å². The van der Waals surface area contributed by atoms with Gasteiger partial charge in [-0.2, -0.15) is 0 Å². The first-order valence-corrected chi connectivity index (χ1v) is 4.35. The highest BCUT2D eigenvalue weighted by atomic mass is 16.1. The first-order chi connectivity index (χ1) is 6.27. The minimum Gasteiger partial charge on any atom is -0.352 e. The second kappa shape index (κ2) is 4.62. The number of carbonyl (C=O) groups is 1. The Kier molecular flexibility index (Phi) is 3.46. The van der Waals surface area contributed by atoms with E-state index in [9.17, 15) is 4.79 Å². The lowest BCUT2D eigenvalue weighted by Crippen LogP contribution is -2.22.